The Morgan fingerprint density at radius 2 is 2.00 bits per heavy atom. The van der Waals surface area contributed by atoms with Crippen molar-refractivity contribution in [3.63, 3.8) is 0 Å². The predicted octanol–water partition coefficient (Wildman–Crippen LogP) is 3.32. The number of nitrogens with one attached hydrogen (secondary N) is 2. The van der Waals surface area contributed by atoms with Crippen molar-refractivity contribution in [3.8, 4) is 0 Å². The number of anilines is 1. The van der Waals surface area contributed by atoms with Crippen molar-refractivity contribution in [2.45, 2.75) is 32.6 Å². The molecule has 0 spiro atoms. The standard InChI is InChI=1S/C16H22F2N2O/c1-11-4-2-5-12(8-11)9-19-10-15(21)20-16-13(17)6-3-7-14(16)18/h3,6-7,11-12,19H,2,4-5,8-10H2,1H3,(H,20,21). The molecular formula is C16H22F2N2O. The monoisotopic (exact) mass is 296 g/mol. The summed E-state index contributed by atoms with van der Waals surface area (Å²) in [6, 6.07) is 3.51. The molecule has 1 aromatic carbocycles. The van der Waals surface area contributed by atoms with Crippen molar-refractivity contribution in [2.75, 3.05) is 18.4 Å². The Labute approximate surface area is 124 Å². The van der Waals surface area contributed by atoms with E-state index in [1.54, 1.807) is 0 Å². The highest BCUT2D eigenvalue weighted by Crippen LogP contribution is 2.27. The fraction of sp³-hybridized carbons (Fsp3) is 0.562. The Morgan fingerprint density at radius 1 is 1.29 bits per heavy atom. The molecule has 0 heterocycles. The molecule has 0 aliphatic heterocycles. The zero-order valence-electron chi connectivity index (χ0n) is 12.3. The third kappa shape index (κ3) is 4.77. The molecule has 0 aromatic heterocycles. The van der Waals surface area contributed by atoms with Crippen LogP contribution in [0, 0.1) is 23.5 Å². The van der Waals surface area contributed by atoms with Crippen LogP contribution in [0.2, 0.25) is 0 Å². The fourth-order valence-electron chi connectivity index (χ4n) is 2.94. The molecule has 0 saturated heterocycles. The van der Waals surface area contributed by atoms with Crippen LogP contribution in [0.1, 0.15) is 32.6 Å². The van der Waals surface area contributed by atoms with Gasteiger partial charge in [-0.15, -0.1) is 0 Å². The minimum Gasteiger partial charge on any atom is -0.320 e. The summed E-state index contributed by atoms with van der Waals surface area (Å²) in [5, 5.41) is 5.35. The van der Waals surface area contributed by atoms with E-state index in [-0.39, 0.29) is 12.2 Å². The highest BCUT2D eigenvalue weighted by molar-refractivity contribution is 5.92. The van der Waals surface area contributed by atoms with E-state index >= 15 is 0 Å². The molecule has 2 atom stereocenters. The third-order valence-corrected chi connectivity index (χ3v) is 3.99. The summed E-state index contributed by atoms with van der Waals surface area (Å²) >= 11 is 0. The van der Waals surface area contributed by atoms with Crippen molar-refractivity contribution in [2.24, 2.45) is 11.8 Å². The second kappa shape index (κ2) is 7.50. The van der Waals surface area contributed by atoms with Gasteiger partial charge in [-0.25, -0.2) is 8.78 Å². The number of amides is 1. The first-order valence-electron chi connectivity index (χ1n) is 7.51. The van der Waals surface area contributed by atoms with E-state index in [9.17, 15) is 13.6 Å². The summed E-state index contributed by atoms with van der Waals surface area (Å²) in [5.74, 6) is -0.615. The fourth-order valence-corrected chi connectivity index (χ4v) is 2.94. The Balaban J connectivity index is 1.75. The summed E-state index contributed by atoms with van der Waals surface area (Å²) in [5.41, 5.74) is -0.379. The highest BCUT2D eigenvalue weighted by Gasteiger charge is 2.19. The van der Waals surface area contributed by atoms with Crippen LogP contribution in [0.15, 0.2) is 18.2 Å². The third-order valence-electron chi connectivity index (χ3n) is 3.99. The van der Waals surface area contributed by atoms with Gasteiger partial charge in [0.15, 0.2) is 0 Å². The zero-order chi connectivity index (χ0) is 15.2. The molecule has 2 unspecified atom stereocenters. The molecule has 5 heteroatoms. The molecule has 1 amide bonds. The van der Waals surface area contributed by atoms with Crippen LogP contribution >= 0.6 is 0 Å². The number of para-hydroxylation sites is 1. The molecule has 1 aromatic rings. The van der Waals surface area contributed by atoms with E-state index in [0.29, 0.717) is 5.92 Å². The van der Waals surface area contributed by atoms with Gasteiger partial charge in [0.05, 0.1) is 6.54 Å². The average molecular weight is 296 g/mol. The Hall–Kier alpha value is -1.49. The summed E-state index contributed by atoms with van der Waals surface area (Å²) in [6.07, 6.45) is 4.88. The maximum absolute atomic E-state index is 13.4. The molecule has 1 fully saturated rings. The minimum atomic E-state index is -0.760. The van der Waals surface area contributed by atoms with Gasteiger partial charge in [0.2, 0.25) is 5.91 Å². The average Bonchev–Trinajstić information content (AvgIpc) is 2.43. The summed E-state index contributed by atoms with van der Waals surface area (Å²) in [7, 11) is 0. The number of hydrogen-bond donors (Lipinski definition) is 2. The Kier molecular flexibility index (Phi) is 5.67. The number of carbonyl (C=O) groups excluding carboxylic acids is 1. The highest BCUT2D eigenvalue weighted by atomic mass is 19.1. The molecule has 1 aliphatic carbocycles. The van der Waals surface area contributed by atoms with E-state index < -0.39 is 17.5 Å². The number of rotatable bonds is 5. The molecular weight excluding hydrogens is 274 g/mol. The molecule has 1 saturated carbocycles. The van der Waals surface area contributed by atoms with Crippen LogP contribution in [0.25, 0.3) is 0 Å². The van der Waals surface area contributed by atoms with Gasteiger partial charge in [-0.1, -0.05) is 25.8 Å². The molecule has 2 rings (SSSR count). The Bertz CT molecular complexity index is 473. The number of carbonyl (C=O) groups is 1. The van der Waals surface area contributed by atoms with Crippen molar-refractivity contribution in [1.82, 2.24) is 5.32 Å². The quantitative estimate of drug-likeness (QED) is 0.875. The first-order chi connectivity index (χ1) is 10.1. The predicted molar refractivity (Wildman–Crippen MR) is 79.0 cm³/mol. The van der Waals surface area contributed by atoms with Crippen LogP contribution in [0.4, 0.5) is 14.5 Å². The first kappa shape index (κ1) is 15.9. The topological polar surface area (TPSA) is 41.1 Å². The lowest BCUT2D eigenvalue weighted by Gasteiger charge is -2.26. The SMILES string of the molecule is CC1CCCC(CNCC(=O)Nc2c(F)cccc2F)C1. The van der Waals surface area contributed by atoms with Crippen molar-refractivity contribution in [1.29, 1.82) is 0 Å². The summed E-state index contributed by atoms with van der Waals surface area (Å²) in [4.78, 5) is 11.7. The lowest BCUT2D eigenvalue weighted by molar-refractivity contribution is -0.115. The zero-order valence-corrected chi connectivity index (χ0v) is 12.3. The number of benzene rings is 1. The molecule has 21 heavy (non-hydrogen) atoms. The number of halogens is 2. The van der Waals surface area contributed by atoms with Crippen LogP contribution in [0.5, 0.6) is 0 Å². The van der Waals surface area contributed by atoms with E-state index in [2.05, 4.69) is 17.6 Å². The van der Waals surface area contributed by atoms with Crippen LogP contribution in [-0.2, 0) is 4.79 Å². The second-order valence-electron chi connectivity index (χ2n) is 5.91. The van der Waals surface area contributed by atoms with E-state index in [0.717, 1.165) is 24.6 Å². The maximum atomic E-state index is 13.4. The van der Waals surface area contributed by atoms with E-state index in [1.807, 2.05) is 0 Å². The molecule has 2 N–H and O–H groups in total. The molecule has 0 radical (unpaired) electrons. The van der Waals surface area contributed by atoms with E-state index in [4.69, 9.17) is 0 Å². The second-order valence-corrected chi connectivity index (χ2v) is 5.91. The van der Waals surface area contributed by atoms with Crippen molar-refractivity contribution < 1.29 is 13.6 Å². The first-order valence-corrected chi connectivity index (χ1v) is 7.51. The van der Waals surface area contributed by atoms with Crippen LogP contribution in [0.3, 0.4) is 0 Å². The van der Waals surface area contributed by atoms with Gasteiger partial charge in [-0.05, 0) is 43.4 Å². The van der Waals surface area contributed by atoms with Gasteiger partial charge in [-0.2, -0.15) is 0 Å². The normalized spacial score (nSPS) is 22.0. The molecule has 0 bridgehead atoms. The van der Waals surface area contributed by atoms with Gasteiger partial charge >= 0.3 is 0 Å². The Morgan fingerprint density at radius 3 is 2.67 bits per heavy atom. The van der Waals surface area contributed by atoms with Crippen molar-refractivity contribution >= 4 is 11.6 Å². The lowest BCUT2D eigenvalue weighted by atomic mass is 9.82. The lowest BCUT2D eigenvalue weighted by Crippen LogP contribution is -2.33. The van der Waals surface area contributed by atoms with Gasteiger partial charge in [0.1, 0.15) is 17.3 Å². The smallest absolute Gasteiger partial charge is 0.238 e. The van der Waals surface area contributed by atoms with Crippen molar-refractivity contribution in [3.05, 3.63) is 29.8 Å². The van der Waals surface area contributed by atoms with Crippen LogP contribution < -0.4 is 10.6 Å². The molecule has 116 valence electrons. The van der Waals surface area contributed by atoms with Gasteiger partial charge in [0.25, 0.3) is 0 Å². The van der Waals surface area contributed by atoms with Gasteiger partial charge < -0.3 is 10.6 Å². The summed E-state index contributed by atoms with van der Waals surface area (Å²) < 4.78 is 26.8. The largest absolute Gasteiger partial charge is 0.320 e. The van der Waals surface area contributed by atoms with Gasteiger partial charge in [0, 0.05) is 0 Å². The maximum Gasteiger partial charge on any atom is 0.238 e. The van der Waals surface area contributed by atoms with E-state index in [1.165, 1.54) is 31.7 Å². The summed E-state index contributed by atoms with van der Waals surface area (Å²) in [6.45, 7) is 3.09. The molecule has 3 nitrogen and oxygen atoms in total. The molecule has 1 aliphatic rings. The van der Waals surface area contributed by atoms with Crippen LogP contribution in [-0.4, -0.2) is 19.0 Å². The van der Waals surface area contributed by atoms with Gasteiger partial charge in [-0.3, -0.25) is 4.79 Å². The number of hydrogen-bond acceptors (Lipinski definition) is 2. The minimum absolute atomic E-state index is 0.0681.